The normalized spacial score (nSPS) is 19.7. The van der Waals surface area contributed by atoms with E-state index in [0.717, 1.165) is 6.04 Å². The third-order valence-electron chi connectivity index (χ3n) is 3.65. The summed E-state index contributed by atoms with van der Waals surface area (Å²) < 4.78 is 0. The summed E-state index contributed by atoms with van der Waals surface area (Å²) >= 11 is 0. The monoisotopic (exact) mass is 197 g/mol. The van der Waals surface area contributed by atoms with Crippen molar-refractivity contribution in [1.82, 2.24) is 5.32 Å². The summed E-state index contributed by atoms with van der Waals surface area (Å²) in [6.45, 7) is 8.25. The first-order valence-corrected chi connectivity index (χ1v) is 6.43. The molecule has 1 nitrogen and oxygen atoms in total. The molecule has 0 spiro atoms. The topological polar surface area (TPSA) is 12.0 Å². The van der Waals surface area contributed by atoms with Crippen LogP contribution in [-0.2, 0) is 0 Å². The fourth-order valence-electron chi connectivity index (χ4n) is 2.39. The summed E-state index contributed by atoms with van der Waals surface area (Å²) in [6, 6.07) is 0.780. The van der Waals surface area contributed by atoms with Gasteiger partial charge in [0.05, 0.1) is 0 Å². The van der Waals surface area contributed by atoms with Crippen molar-refractivity contribution in [1.29, 1.82) is 0 Å². The van der Waals surface area contributed by atoms with Crippen LogP contribution < -0.4 is 5.32 Å². The Morgan fingerprint density at radius 1 is 1.14 bits per heavy atom. The zero-order valence-corrected chi connectivity index (χ0v) is 10.2. The van der Waals surface area contributed by atoms with Gasteiger partial charge in [-0.25, -0.2) is 0 Å². The van der Waals surface area contributed by atoms with Crippen LogP contribution >= 0.6 is 0 Å². The Morgan fingerprint density at radius 3 is 2.07 bits per heavy atom. The Hall–Kier alpha value is -0.0400. The van der Waals surface area contributed by atoms with Crippen LogP contribution in [0.2, 0.25) is 0 Å². The molecule has 0 aromatic heterocycles. The van der Waals surface area contributed by atoms with E-state index in [0.29, 0.717) is 5.41 Å². The Labute approximate surface area is 89.7 Å². The number of nitrogens with one attached hydrogen (secondary N) is 1. The molecule has 1 fully saturated rings. The zero-order valence-electron chi connectivity index (χ0n) is 10.2. The van der Waals surface area contributed by atoms with Crippen LogP contribution in [0.3, 0.4) is 0 Å². The molecule has 1 rings (SSSR count). The highest BCUT2D eigenvalue weighted by Crippen LogP contribution is 2.39. The van der Waals surface area contributed by atoms with Crippen LogP contribution in [0.1, 0.15) is 65.7 Å². The zero-order chi connectivity index (χ0) is 10.4. The Bertz CT molecular complexity index is 143. The third-order valence-corrected chi connectivity index (χ3v) is 3.65. The van der Waals surface area contributed by atoms with Gasteiger partial charge >= 0.3 is 0 Å². The Morgan fingerprint density at radius 2 is 1.71 bits per heavy atom. The predicted octanol–water partition coefficient (Wildman–Crippen LogP) is 3.74. The molecule has 0 aromatic rings. The van der Waals surface area contributed by atoms with Gasteiger partial charge in [0.15, 0.2) is 0 Å². The molecule has 0 atom stereocenters. The van der Waals surface area contributed by atoms with Crippen LogP contribution in [0.4, 0.5) is 0 Å². The van der Waals surface area contributed by atoms with E-state index >= 15 is 0 Å². The minimum atomic E-state index is 0.639. The van der Waals surface area contributed by atoms with Gasteiger partial charge < -0.3 is 5.32 Å². The average Bonchev–Trinajstić information content (AvgIpc) is 2.12. The van der Waals surface area contributed by atoms with Crippen LogP contribution in [0.15, 0.2) is 0 Å². The lowest BCUT2D eigenvalue weighted by Crippen LogP contribution is -2.41. The molecule has 0 amide bonds. The SMILES string of the molecule is CCCC(CCC)NCC1(C)CCC1. The quantitative estimate of drug-likeness (QED) is 0.655. The largest absolute Gasteiger partial charge is 0.313 e. The van der Waals surface area contributed by atoms with Crippen molar-refractivity contribution in [3.05, 3.63) is 0 Å². The van der Waals surface area contributed by atoms with Gasteiger partial charge in [-0.1, -0.05) is 40.0 Å². The lowest BCUT2D eigenvalue weighted by molar-refractivity contribution is 0.148. The summed E-state index contributed by atoms with van der Waals surface area (Å²) in [7, 11) is 0. The molecule has 14 heavy (non-hydrogen) atoms. The van der Waals surface area contributed by atoms with E-state index in [1.54, 1.807) is 0 Å². The maximum Gasteiger partial charge on any atom is 0.00670 e. The molecule has 84 valence electrons. The lowest BCUT2D eigenvalue weighted by atomic mass is 9.70. The summed E-state index contributed by atoms with van der Waals surface area (Å²) in [5.41, 5.74) is 0.639. The van der Waals surface area contributed by atoms with Gasteiger partial charge in [0.1, 0.15) is 0 Å². The minimum Gasteiger partial charge on any atom is -0.313 e. The molecule has 0 aliphatic heterocycles. The second kappa shape index (κ2) is 5.75. The van der Waals surface area contributed by atoms with Gasteiger partial charge in [0, 0.05) is 12.6 Å². The van der Waals surface area contributed by atoms with E-state index < -0.39 is 0 Å². The first-order chi connectivity index (χ1) is 6.70. The van der Waals surface area contributed by atoms with E-state index in [9.17, 15) is 0 Å². The molecule has 1 aliphatic rings. The van der Waals surface area contributed by atoms with Gasteiger partial charge in [0.2, 0.25) is 0 Å². The van der Waals surface area contributed by atoms with Crippen molar-refractivity contribution < 1.29 is 0 Å². The highest BCUT2D eigenvalue weighted by Gasteiger charge is 2.31. The van der Waals surface area contributed by atoms with E-state index in [1.807, 2.05) is 0 Å². The van der Waals surface area contributed by atoms with Crippen LogP contribution in [0.5, 0.6) is 0 Å². The van der Waals surface area contributed by atoms with Crippen LogP contribution in [-0.4, -0.2) is 12.6 Å². The van der Waals surface area contributed by atoms with Crippen molar-refractivity contribution in [2.24, 2.45) is 5.41 Å². The third kappa shape index (κ3) is 3.61. The fraction of sp³-hybridized carbons (Fsp3) is 1.00. The molecule has 0 radical (unpaired) electrons. The molecule has 0 aromatic carbocycles. The number of rotatable bonds is 7. The van der Waals surface area contributed by atoms with E-state index in [2.05, 4.69) is 26.1 Å². The van der Waals surface area contributed by atoms with Crippen LogP contribution in [0.25, 0.3) is 0 Å². The van der Waals surface area contributed by atoms with Crippen LogP contribution in [0, 0.1) is 5.41 Å². The second-order valence-electron chi connectivity index (χ2n) is 5.32. The van der Waals surface area contributed by atoms with Crippen molar-refractivity contribution in [2.45, 2.75) is 71.8 Å². The molecule has 1 heteroatoms. The Balaban J connectivity index is 2.17. The van der Waals surface area contributed by atoms with Gasteiger partial charge in [-0.15, -0.1) is 0 Å². The fourth-order valence-corrected chi connectivity index (χ4v) is 2.39. The summed E-state index contributed by atoms with van der Waals surface area (Å²) in [6.07, 6.45) is 9.65. The highest BCUT2D eigenvalue weighted by atomic mass is 14.9. The average molecular weight is 197 g/mol. The van der Waals surface area contributed by atoms with Crippen molar-refractivity contribution in [3.63, 3.8) is 0 Å². The van der Waals surface area contributed by atoms with Crippen molar-refractivity contribution in [3.8, 4) is 0 Å². The lowest BCUT2D eigenvalue weighted by Gasteiger charge is -2.39. The first kappa shape index (κ1) is 12.0. The molecular formula is C13H27N. The predicted molar refractivity (Wildman–Crippen MR) is 63.6 cm³/mol. The van der Waals surface area contributed by atoms with E-state index in [4.69, 9.17) is 0 Å². The molecular weight excluding hydrogens is 170 g/mol. The molecule has 0 heterocycles. The number of hydrogen-bond acceptors (Lipinski definition) is 1. The molecule has 0 unspecified atom stereocenters. The smallest absolute Gasteiger partial charge is 0.00670 e. The number of hydrogen-bond donors (Lipinski definition) is 1. The van der Waals surface area contributed by atoms with E-state index in [-0.39, 0.29) is 0 Å². The molecule has 0 saturated heterocycles. The van der Waals surface area contributed by atoms with Gasteiger partial charge in [-0.3, -0.25) is 0 Å². The van der Waals surface area contributed by atoms with Gasteiger partial charge in [0.25, 0.3) is 0 Å². The van der Waals surface area contributed by atoms with Gasteiger partial charge in [-0.05, 0) is 31.1 Å². The summed E-state index contributed by atoms with van der Waals surface area (Å²) in [5, 5.41) is 3.76. The molecule has 1 N–H and O–H groups in total. The maximum atomic E-state index is 3.76. The van der Waals surface area contributed by atoms with Crippen molar-refractivity contribution in [2.75, 3.05) is 6.54 Å². The van der Waals surface area contributed by atoms with Gasteiger partial charge in [-0.2, -0.15) is 0 Å². The maximum absolute atomic E-state index is 3.76. The minimum absolute atomic E-state index is 0.639. The molecule has 1 saturated carbocycles. The standard InChI is InChI=1S/C13H27N/c1-4-7-12(8-5-2)14-11-13(3)9-6-10-13/h12,14H,4-11H2,1-3H3. The van der Waals surface area contributed by atoms with Crippen molar-refractivity contribution >= 4 is 0 Å². The van der Waals surface area contributed by atoms with E-state index in [1.165, 1.54) is 51.5 Å². The summed E-state index contributed by atoms with van der Waals surface area (Å²) in [5.74, 6) is 0. The molecule has 1 aliphatic carbocycles. The first-order valence-electron chi connectivity index (χ1n) is 6.43. The highest BCUT2D eigenvalue weighted by molar-refractivity contribution is 4.86. The Kier molecular flexibility index (Phi) is 4.94. The second-order valence-corrected chi connectivity index (χ2v) is 5.32. The molecule has 0 bridgehead atoms. The summed E-state index contributed by atoms with van der Waals surface area (Å²) in [4.78, 5) is 0.